The molecule has 1 N–H and O–H groups in total. The van der Waals surface area contributed by atoms with E-state index in [-0.39, 0.29) is 6.10 Å². The van der Waals surface area contributed by atoms with Gasteiger partial charge in [-0.2, -0.15) is 0 Å². The molecule has 0 aliphatic heterocycles. The molecule has 2 aromatic rings. The molecule has 0 saturated carbocycles. The number of rotatable bonds is 9. The molecule has 0 unspecified atom stereocenters. The molecule has 0 fully saturated rings. The quantitative estimate of drug-likeness (QED) is 0.763. The lowest BCUT2D eigenvalue weighted by atomic mass is 10.1. The fourth-order valence-corrected chi connectivity index (χ4v) is 2.81. The van der Waals surface area contributed by atoms with Crippen LogP contribution in [0.4, 0.5) is 0 Å². The summed E-state index contributed by atoms with van der Waals surface area (Å²) in [6.45, 7) is 9.90. The summed E-state index contributed by atoms with van der Waals surface area (Å²) in [5, 5.41) is 9.77. The van der Waals surface area contributed by atoms with Gasteiger partial charge in [0.05, 0.1) is 6.10 Å². The van der Waals surface area contributed by atoms with Crippen LogP contribution >= 0.6 is 0 Å². The average Bonchev–Trinajstić information content (AvgIpc) is 2.92. The molecule has 0 radical (unpaired) electrons. The van der Waals surface area contributed by atoms with Crippen molar-refractivity contribution in [3.05, 3.63) is 59.9 Å². The van der Waals surface area contributed by atoms with E-state index in [0.29, 0.717) is 5.92 Å². The lowest BCUT2D eigenvalue weighted by Gasteiger charge is -2.25. The summed E-state index contributed by atoms with van der Waals surface area (Å²) in [5.41, 5.74) is 2.62. The second-order valence-corrected chi connectivity index (χ2v) is 6.88. The maximum Gasteiger partial charge on any atom is 0.0639 e. The van der Waals surface area contributed by atoms with E-state index < -0.39 is 0 Å². The van der Waals surface area contributed by atoms with Crippen LogP contribution in [-0.2, 0) is 13.1 Å². The Labute approximate surface area is 140 Å². The van der Waals surface area contributed by atoms with E-state index in [1.807, 2.05) is 6.92 Å². The predicted octanol–water partition coefficient (Wildman–Crippen LogP) is 3.77. The Kier molecular flexibility index (Phi) is 6.87. The third-order valence-electron chi connectivity index (χ3n) is 4.05. The van der Waals surface area contributed by atoms with Gasteiger partial charge in [0, 0.05) is 31.5 Å². The van der Waals surface area contributed by atoms with Crippen LogP contribution in [0.15, 0.2) is 48.7 Å². The first kappa shape index (κ1) is 17.8. The monoisotopic (exact) mass is 314 g/mol. The average molecular weight is 314 g/mol. The standard InChI is InChI=1S/C20H30N2O/c1-17(2)11-13-21(14-18(3)23)16-20-10-7-12-22(20)15-19-8-5-4-6-9-19/h4-10,12,17-18,23H,11,13-16H2,1-3H3/t18-/m1/s1. The van der Waals surface area contributed by atoms with Crippen LogP contribution in [0.1, 0.15) is 38.4 Å². The summed E-state index contributed by atoms with van der Waals surface area (Å²) in [4.78, 5) is 2.36. The molecule has 2 rings (SSSR count). The zero-order chi connectivity index (χ0) is 16.7. The van der Waals surface area contributed by atoms with Gasteiger partial charge < -0.3 is 9.67 Å². The number of aliphatic hydroxyl groups is 1. The molecular formula is C20H30N2O. The Balaban J connectivity index is 2.03. The molecule has 1 aromatic carbocycles. The normalized spacial score (nSPS) is 13.0. The van der Waals surface area contributed by atoms with E-state index in [9.17, 15) is 5.11 Å². The summed E-state index contributed by atoms with van der Waals surface area (Å²) in [6.07, 6.45) is 3.01. The molecule has 1 aromatic heterocycles. The molecule has 0 aliphatic rings. The van der Waals surface area contributed by atoms with Crippen LogP contribution < -0.4 is 0 Å². The smallest absolute Gasteiger partial charge is 0.0639 e. The SMILES string of the molecule is CC(C)CCN(Cc1cccn1Cc1ccccc1)C[C@@H](C)O. The van der Waals surface area contributed by atoms with Gasteiger partial charge in [-0.3, -0.25) is 4.90 Å². The maximum absolute atomic E-state index is 9.77. The highest BCUT2D eigenvalue weighted by molar-refractivity contribution is 5.17. The van der Waals surface area contributed by atoms with Crippen molar-refractivity contribution in [1.82, 2.24) is 9.47 Å². The first-order valence-electron chi connectivity index (χ1n) is 8.63. The van der Waals surface area contributed by atoms with Crippen LogP contribution in [0.25, 0.3) is 0 Å². The third kappa shape index (κ3) is 6.20. The predicted molar refractivity (Wildman–Crippen MR) is 96.4 cm³/mol. The van der Waals surface area contributed by atoms with Crippen molar-refractivity contribution in [2.24, 2.45) is 5.92 Å². The summed E-state index contributed by atoms with van der Waals surface area (Å²) in [6, 6.07) is 14.8. The van der Waals surface area contributed by atoms with E-state index >= 15 is 0 Å². The van der Waals surface area contributed by atoms with Crippen LogP contribution in [-0.4, -0.2) is 33.8 Å². The molecule has 3 heteroatoms. The molecule has 3 nitrogen and oxygen atoms in total. The van der Waals surface area contributed by atoms with Gasteiger partial charge in [-0.05, 0) is 43.5 Å². The molecule has 0 bridgehead atoms. The van der Waals surface area contributed by atoms with Crippen molar-refractivity contribution in [2.75, 3.05) is 13.1 Å². The van der Waals surface area contributed by atoms with Gasteiger partial charge in [-0.15, -0.1) is 0 Å². The van der Waals surface area contributed by atoms with Crippen molar-refractivity contribution in [1.29, 1.82) is 0 Å². The molecule has 0 aliphatic carbocycles. The summed E-state index contributed by atoms with van der Waals surface area (Å²) in [5.74, 6) is 0.683. The zero-order valence-electron chi connectivity index (χ0n) is 14.7. The Morgan fingerprint density at radius 3 is 2.43 bits per heavy atom. The Morgan fingerprint density at radius 1 is 1.04 bits per heavy atom. The first-order valence-corrected chi connectivity index (χ1v) is 8.63. The molecule has 0 saturated heterocycles. The molecule has 23 heavy (non-hydrogen) atoms. The summed E-state index contributed by atoms with van der Waals surface area (Å²) in [7, 11) is 0. The molecule has 1 heterocycles. The van der Waals surface area contributed by atoms with E-state index in [4.69, 9.17) is 0 Å². The number of hydrogen-bond acceptors (Lipinski definition) is 2. The van der Waals surface area contributed by atoms with Gasteiger partial charge in [0.1, 0.15) is 0 Å². The second kappa shape index (κ2) is 8.90. The molecule has 1 atom stereocenters. The molecular weight excluding hydrogens is 284 g/mol. The van der Waals surface area contributed by atoms with Crippen molar-refractivity contribution in [3.8, 4) is 0 Å². The van der Waals surface area contributed by atoms with E-state index in [0.717, 1.165) is 32.6 Å². The number of hydrogen-bond donors (Lipinski definition) is 1. The summed E-state index contributed by atoms with van der Waals surface area (Å²) < 4.78 is 2.31. The van der Waals surface area contributed by atoms with Crippen molar-refractivity contribution in [3.63, 3.8) is 0 Å². The first-order chi connectivity index (χ1) is 11.0. The highest BCUT2D eigenvalue weighted by Crippen LogP contribution is 2.12. The van der Waals surface area contributed by atoms with Crippen LogP contribution in [0.2, 0.25) is 0 Å². The highest BCUT2D eigenvalue weighted by atomic mass is 16.3. The van der Waals surface area contributed by atoms with Gasteiger partial charge in [0.15, 0.2) is 0 Å². The van der Waals surface area contributed by atoms with Crippen LogP contribution in [0.5, 0.6) is 0 Å². The largest absolute Gasteiger partial charge is 0.392 e. The lowest BCUT2D eigenvalue weighted by molar-refractivity contribution is 0.117. The van der Waals surface area contributed by atoms with E-state index in [2.05, 4.69) is 72.0 Å². The van der Waals surface area contributed by atoms with E-state index in [1.165, 1.54) is 11.3 Å². The van der Waals surface area contributed by atoms with E-state index in [1.54, 1.807) is 0 Å². The zero-order valence-corrected chi connectivity index (χ0v) is 14.7. The number of aromatic nitrogens is 1. The number of aliphatic hydroxyl groups excluding tert-OH is 1. The fraction of sp³-hybridized carbons (Fsp3) is 0.500. The number of nitrogens with zero attached hydrogens (tertiary/aromatic N) is 2. The highest BCUT2D eigenvalue weighted by Gasteiger charge is 2.12. The lowest BCUT2D eigenvalue weighted by Crippen LogP contribution is -2.32. The molecule has 126 valence electrons. The fourth-order valence-electron chi connectivity index (χ4n) is 2.81. The van der Waals surface area contributed by atoms with Gasteiger partial charge in [0.25, 0.3) is 0 Å². The minimum atomic E-state index is -0.292. The Bertz CT molecular complexity index is 560. The van der Waals surface area contributed by atoms with Crippen LogP contribution in [0, 0.1) is 5.92 Å². The number of benzene rings is 1. The van der Waals surface area contributed by atoms with Crippen molar-refractivity contribution in [2.45, 2.75) is 46.4 Å². The van der Waals surface area contributed by atoms with Gasteiger partial charge in [-0.1, -0.05) is 44.2 Å². The third-order valence-corrected chi connectivity index (χ3v) is 4.05. The second-order valence-electron chi connectivity index (χ2n) is 6.88. The summed E-state index contributed by atoms with van der Waals surface area (Å²) >= 11 is 0. The molecule has 0 amide bonds. The van der Waals surface area contributed by atoms with Gasteiger partial charge in [-0.25, -0.2) is 0 Å². The Morgan fingerprint density at radius 2 is 1.78 bits per heavy atom. The van der Waals surface area contributed by atoms with Crippen molar-refractivity contribution < 1.29 is 5.11 Å². The topological polar surface area (TPSA) is 28.4 Å². The van der Waals surface area contributed by atoms with Crippen molar-refractivity contribution >= 4 is 0 Å². The Hall–Kier alpha value is -1.58. The maximum atomic E-state index is 9.77. The van der Waals surface area contributed by atoms with Gasteiger partial charge >= 0.3 is 0 Å². The van der Waals surface area contributed by atoms with Crippen LogP contribution in [0.3, 0.4) is 0 Å². The van der Waals surface area contributed by atoms with Gasteiger partial charge in [0.2, 0.25) is 0 Å². The minimum absolute atomic E-state index is 0.292. The minimum Gasteiger partial charge on any atom is -0.392 e. The molecule has 0 spiro atoms.